The molecule has 0 N–H and O–H groups in total. The maximum atomic E-state index is 12.0. The quantitative estimate of drug-likeness (QED) is 0.299. The molecule has 0 saturated carbocycles. The molecule has 1 aromatic carbocycles. The summed E-state index contributed by atoms with van der Waals surface area (Å²) < 4.78 is 12.1. The normalized spacial score (nSPS) is 10.5. The Morgan fingerprint density at radius 2 is 2.00 bits per heavy atom. The molecular weight excluding hydrogens is 326 g/mol. The van der Waals surface area contributed by atoms with Gasteiger partial charge >= 0.3 is 11.8 Å². The van der Waals surface area contributed by atoms with E-state index < -0.39 is 10.9 Å². The van der Waals surface area contributed by atoms with Crippen LogP contribution in [0.1, 0.15) is 35.9 Å². The summed E-state index contributed by atoms with van der Waals surface area (Å²) in [4.78, 5) is 26.3. The summed E-state index contributed by atoms with van der Waals surface area (Å²) in [6, 6.07) is 6.71. The largest absolute Gasteiger partial charge is 0.494 e. The van der Waals surface area contributed by atoms with E-state index in [1.54, 1.807) is 31.2 Å². The molecular formula is C17H21N3O5. The van der Waals surface area contributed by atoms with Crippen LogP contribution in [-0.2, 0) is 11.3 Å². The number of carbonyl (C=O) groups is 1. The van der Waals surface area contributed by atoms with Crippen LogP contribution < -0.4 is 4.74 Å². The number of hydrogen-bond acceptors (Lipinski definition) is 6. The fraction of sp³-hybridized carbons (Fsp3) is 0.412. The lowest BCUT2D eigenvalue weighted by molar-refractivity contribution is -0.392. The smallest absolute Gasteiger partial charge is 0.342 e. The molecule has 0 radical (unpaired) electrons. The van der Waals surface area contributed by atoms with Crippen molar-refractivity contribution in [1.82, 2.24) is 9.55 Å². The number of benzene rings is 1. The molecule has 0 aliphatic heterocycles. The highest BCUT2D eigenvalue weighted by Gasteiger charge is 2.17. The van der Waals surface area contributed by atoms with Crippen molar-refractivity contribution in [3.8, 4) is 5.75 Å². The highest BCUT2D eigenvalue weighted by Crippen LogP contribution is 2.15. The van der Waals surface area contributed by atoms with Crippen molar-refractivity contribution in [1.29, 1.82) is 0 Å². The van der Waals surface area contributed by atoms with E-state index >= 15 is 0 Å². The Balaban J connectivity index is 1.86. The Kier molecular flexibility index (Phi) is 6.50. The van der Waals surface area contributed by atoms with Crippen LogP contribution >= 0.6 is 0 Å². The van der Waals surface area contributed by atoms with E-state index in [4.69, 9.17) is 9.47 Å². The maximum absolute atomic E-state index is 12.0. The molecule has 1 aromatic heterocycles. The molecule has 0 amide bonds. The number of nitro groups is 1. The van der Waals surface area contributed by atoms with Gasteiger partial charge in [-0.3, -0.25) is 0 Å². The molecule has 134 valence electrons. The van der Waals surface area contributed by atoms with Gasteiger partial charge in [-0.1, -0.05) is 13.3 Å². The number of hydrogen-bond donors (Lipinski definition) is 0. The van der Waals surface area contributed by atoms with Crippen molar-refractivity contribution in [3.63, 3.8) is 0 Å². The van der Waals surface area contributed by atoms with Crippen LogP contribution in [0.4, 0.5) is 5.82 Å². The molecule has 0 atom stereocenters. The van der Waals surface area contributed by atoms with Crippen molar-refractivity contribution >= 4 is 11.8 Å². The van der Waals surface area contributed by atoms with E-state index in [9.17, 15) is 14.9 Å². The van der Waals surface area contributed by atoms with Gasteiger partial charge in [-0.25, -0.2) is 14.3 Å². The van der Waals surface area contributed by atoms with Gasteiger partial charge in [0.1, 0.15) is 25.1 Å². The first kappa shape index (κ1) is 18.4. The standard InChI is InChI=1S/C17H21N3O5/c1-3-4-10-24-15-7-5-14(6-8-15)17(21)25-11-9-19-13(2)18-12-16(19)20(22)23/h5-8,12H,3-4,9-11H2,1-2H3. The van der Waals surface area contributed by atoms with Gasteiger partial charge in [-0.15, -0.1) is 0 Å². The van der Waals surface area contributed by atoms with E-state index in [1.807, 2.05) is 0 Å². The zero-order chi connectivity index (χ0) is 18.2. The number of rotatable bonds is 9. The van der Waals surface area contributed by atoms with Gasteiger partial charge in [0.15, 0.2) is 5.82 Å². The van der Waals surface area contributed by atoms with Crippen molar-refractivity contribution in [3.05, 3.63) is 52.0 Å². The van der Waals surface area contributed by atoms with Crippen molar-refractivity contribution in [2.45, 2.75) is 33.2 Å². The summed E-state index contributed by atoms with van der Waals surface area (Å²) in [5.41, 5.74) is 0.402. The second-order valence-electron chi connectivity index (χ2n) is 5.43. The number of imidazole rings is 1. The van der Waals surface area contributed by atoms with E-state index in [0.717, 1.165) is 12.8 Å². The molecule has 2 aromatic rings. The van der Waals surface area contributed by atoms with Crippen LogP contribution in [0.15, 0.2) is 30.5 Å². The molecule has 0 aliphatic rings. The summed E-state index contributed by atoms with van der Waals surface area (Å²) in [5, 5.41) is 10.9. The van der Waals surface area contributed by atoms with Crippen LogP contribution in [-0.4, -0.2) is 33.7 Å². The van der Waals surface area contributed by atoms with Gasteiger partial charge in [0.25, 0.3) is 0 Å². The van der Waals surface area contributed by atoms with Gasteiger partial charge in [0.2, 0.25) is 0 Å². The molecule has 0 saturated heterocycles. The molecule has 0 unspecified atom stereocenters. The molecule has 2 rings (SSSR count). The number of esters is 1. The fourth-order valence-corrected chi connectivity index (χ4v) is 2.21. The van der Waals surface area contributed by atoms with Gasteiger partial charge in [0.05, 0.1) is 12.2 Å². The third-order valence-corrected chi connectivity index (χ3v) is 3.63. The minimum absolute atomic E-state index is 0.0195. The average Bonchev–Trinajstić information content (AvgIpc) is 2.97. The van der Waals surface area contributed by atoms with Crippen LogP contribution in [0.3, 0.4) is 0 Å². The monoisotopic (exact) mass is 347 g/mol. The third kappa shape index (κ3) is 5.03. The summed E-state index contributed by atoms with van der Waals surface area (Å²) in [5.74, 6) is 0.591. The lowest BCUT2D eigenvalue weighted by Crippen LogP contribution is -2.13. The molecule has 8 nitrogen and oxygen atoms in total. The number of aryl methyl sites for hydroxylation is 1. The Bertz CT molecular complexity index is 724. The first-order valence-electron chi connectivity index (χ1n) is 8.09. The van der Waals surface area contributed by atoms with Crippen LogP contribution in [0.2, 0.25) is 0 Å². The summed E-state index contributed by atoms with van der Waals surface area (Å²) in [6.07, 6.45) is 3.22. The van der Waals surface area contributed by atoms with E-state index in [2.05, 4.69) is 11.9 Å². The number of nitrogens with zero attached hydrogens (tertiary/aromatic N) is 3. The minimum Gasteiger partial charge on any atom is -0.494 e. The Hall–Kier alpha value is -2.90. The van der Waals surface area contributed by atoms with E-state index in [1.165, 1.54) is 10.8 Å². The number of unbranched alkanes of at least 4 members (excludes halogenated alkanes) is 1. The molecule has 0 bridgehead atoms. The maximum Gasteiger partial charge on any atom is 0.342 e. The fourth-order valence-electron chi connectivity index (χ4n) is 2.21. The van der Waals surface area contributed by atoms with E-state index in [0.29, 0.717) is 23.7 Å². The first-order chi connectivity index (χ1) is 12.0. The zero-order valence-corrected chi connectivity index (χ0v) is 14.3. The third-order valence-electron chi connectivity index (χ3n) is 3.63. The van der Waals surface area contributed by atoms with Crippen molar-refractivity contribution in [2.75, 3.05) is 13.2 Å². The number of ether oxygens (including phenoxy) is 2. The molecule has 8 heteroatoms. The Labute approximate surface area is 145 Å². The predicted octanol–water partition coefficient (Wildman–Crippen LogP) is 3.14. The molecule has 25 heavy (non-hydrogen) atoms. The number of aromatic nitrogens is 2. The second-order valence-corrected chi connectivity index (χ2v) is 5.43. The topological polar surface area (TPSA) is 96.5 Å². The predicted molar refractivity (Wildman–Crippen MR) is 90.7 cm³/mol. The molecule has 0 aliphatic carbocycles. The Morgan fingerprint density at radius 1 is 1.28 bits per heavy atom. The van der Waals surface area contributed by atoms with Gasteiger partial charge in [-0.2, -0.15) is 0 Å². The van der Waals surface area contributed by atoms with Crippen molar-refractivity contribution in [2.24, 2.45) is 0 Å². The average molecular weight is 347 g/mol. The lowest BCUT2D eigenvalue weighted by Gasteiger charge is -2.07. The van der Waals surface area contributed by atoms with E-state index in [-0.39, 0.29) is 19.0 Å². The highest BCUT2D eigenvalue weighted by atomic mass is 16.6. The number of carbonyl (C=O) groups excluding carboxylic acids is 1. The van der Waals surface area contributed by atoms with Crippen LogP contribution in [0.5, 0.6) is 5.75 Å². The van der Waals surface area contributed by atoms with Crippen molar-refractivity contribution < 1.29 is 19.2 Å². The molecule has 0 spiro atoms. The molecule has 0 fully saturated rings. The highest BCUT2D eigenvalue weighted by molar-refractivity contribution is 5.89. The van der Waals surface area contributed by atoms with Crippen LogP contribution in [0, 0.1) is 17.0 Å². The van der Waals surface area contributed by atoms with Gasteiger partial charge in [-0.05, 0) is 35.6 Å². The summed E-state index contributed by atoms with van der Waals surface area (Å²) in [6.45, 7) is 4.58. The lowest BCUT2D eigenvalue weighted by atomic mass is 10.2. The summed E-state index contributed by atoms with van der Waals surface area (Å²) >= 11 is 0. The minimum atomic E-state index is -0.515. The Morgan fingerprint density at radius 3 is 2.64 bits per heavy atom. The SMILES string of the molecule is CCCCOc1ccc(C(=O)OCCn2c([N+](=O)[O-])cnc2C)cc1. The first-order valence-corrected chi connectivity index (χ1v) is 8.09. The van der Waals surface area contributed by atoms with Gasteiger partial charge < -0.3 is 19.6 Å². The molecule has 1 heterocycles. The zero-order valence-electron chi connectivity index (χ0n) is 14.3. The van der Waals surface area contributed by atoms with Gasteiger partial charge in [0, 0.05) is 6.92 Å². The second kappa shape index (κ2) is 8.81. The van der Waals surface area contributed by atoms with Crippen LogP contribution in [0.25, 0.3) is 0 Å². The summed E-state index contributed by atoms with van der Waals surface area (Å²) in [7, 11) is 0.